The lowest BCUT2D eigenvalue weighted by atomic mass is 10.1. The summed E-state index contributed by atoms with van der Waals surface area (Å²) in [5, 5.41) is 6.68. The largest absolute Gasteiger partial charge is 0.495 e. The van der Waals surface area contributed by atoms with Crippen molar-refractivity contribution in [1.29, 1.82) is 0 Å². The van der Waals surface area contributed by atoms with Gasteiger partial charge in [-0.1, -0.05) is 11.6 Å². The minimum absolute atomic E-state index is 0.123. The molecule has 0 aromatic heterocycles. The average Bonchev–Trinajstić information content (AvgIpc) is 3.33. The molecule has 1 aliphatic carbocycles. The van der Waals surface area contributed by atoms with Gasteiger partial charge >= 0.3 is 0 Å². The van der Waals surface area contributed by atoms with Crippen molar-refractivity contribution < 1.29 is 9.53 Å². The van der Waals surface area contributed by atoms with Crippen LogP contribution in [0.15, 0.2) is 36.4 Å². The standard InChI is InChI=1S/C17H18ClN3O2/c1-23-16-7-5-12(9-14(16)18)20-15-6-2-10(19)8-13(15)17(22)21-11-3-4-11/h2,5-9,11,20H,3-4,19H2,1H3,(H,21,22). The Kier molecular flexibility index (Phi) is 4.30. The van der Waals surface area contributed by atoms with E-state index in [1.807, 2.05) is 6.07 Å². The number of hydrogen-bond donors (Lipinski definition) is 3. The highest BCUT2D eigenvalue weighted by atomic mass is 35.5. The van der Waals surface area contributed by atoms with E-state index < -0.39 is 0 Å². The van der Waals surface area contributed by atoms with Crippen LogP contribution in [0.2, 0.25) is 5.02 Å². The van der Waals surface area contributed by atoms with Crippen LogP contribution in [0.1, 0.15) is 23.2 Å². The van der Waals surface area contributed by atoms with E-state index >= 15 is 0 Å². The van der Waals surface area contributed by atoms with Crippen LogP contribution in [-0.2, 0) is 0 Å². The molecule has 1 saturated carbocycles. The van der Waals surface area contributed by atoms with Gasteiger partial charge < -0.3 is 21.1 Å². The van der Waals surface area contributed by atoms with E-state index in [2.05, 4.69) is 10.6 Å². The summed E-state index contributed by atoms with van der Waals surface area (Å²) in [4.78, 5) is 12.4. The first kappa shape index (κ1) is 15.5. The molecule has 5 nitrogen and oxygen atoms in total. The summed E-state index contributed by atoms with van der Waals surface area (Å²) < 4.78 is 5.14. The second-order valence-corrected chi connectivity index (χ2v) is 5.93. The van der Waals surface area contributed by atoms with Crippen molar-refractivity contribution in [2.24, 2.45) is 0 Å². The number of carbonyl (C=O) groups is 1. The fourth-order valence-electron chi connectivity index (χ4n) is 2.25. The fraction of sp³-hybridized carbons (Fsp3) is 0.235. The van der Waals surface area contributed by atoms with Crippen LogP contribution in [0.25, 0.3) is 0 Å². The molecule has 6 heteroatoms. The predicted octanol–water partition coefficient (Wildman–Crippen LogP) is 3.57. The van der Waals surface area contributed by atoms with Gasteiger partial charge in [0.2, 0.25) is 0 Å². The zero-order valence-electron chi connectivity index (χ0n) is 12.7. The number of methoxy groups -OCH3 is 1. The predicted molar refractivity (Wildman–Crippen MR) is 92.6 cm³/mol. The zero-order valence-corrected chi connectivity index (χ0v) is 13.5. The molecule has 1 amide bonds. The van der Waals surface area contributed by atoms with E-state index in [4.69, 9.17) is 22.1 Å². The first-order valence-electron chi connectivity index (χ1n) is 7.38. The van der Waals surface area contributed by atoms with Gasteiger partial charge in [0.15, 0.2) is 0 Å². The van der Waals surface area contributed by atoms with Crippen molar-refractivity contribution in [3.8, 4) is 5.75 Å². The second-order valence-electron chi connectivity index (χ2n) is 5.53. The number of nitrogens with two attached hydrogens (primary N) is 1. The minimum atomic E-state index is -0.123. The van der Waals surface area contributed by atoms with Crippen molar-refractivity contribution in [2.45, 2.75) is 18.9 Å². The molecule has 0 spiro atoms. The summed E-state index contributed by atoms with van der Waals surface area (Å²) >= 11 is 6.14. The van der Waals surface area contributed by atoms with E-state index in [1.165, 1.54) is 0 Å². The Bertz CT molecular complexity index is 745. The molecule has 0 aliphatic heterocycles. The number of benzene rings is 2. The Labute approximate surface area is 139 Å². The Morgan fingerprint density at radius 3 is 2.70 bits per heavy atom. The van der Waals surface area contributed by atoms with Gasteiger partial charge in [0, 0.05) is 17.4 Å². The van der Waals surface area contributed by atoms with Crippen LogP contribution in [0, 0.1) is 0 Å². The number of anilines is 3. The van der Waals surface area contributed by atoms with Crippen LogP contribution in [-0.4, -0.2) is 19.1 Å². The molecule has 1 aliphatic rings. The molecule has 1 fully saturated rings. The Balaban J connectivity index is 1.86. The summed E-state index contributed by atoms with van der Waals surface area (Å²) in [6.45, 7) is 0. The number of hydrogen-bond acceptors (Lipinski definition) is 4. The van der Waals surface area contributed by atoms with Gasteiger partial charge in [-0.25, -0.2) is 0 Å². The number of nitrogens with one attached hydrogen (secondary N) is 2. The van der Waals surface area contributed by atoms with Crippen LogP contribution in [0.5, 0.6) is 5.75 Å². The van der Waals surface area contributed by atoms with Gasteiger partial charge in [-0.3, -0.25) is 4.79 Å². The highest BCUT2D eigenvalue weighted by Gasteiger charge is 2.25. The third-order valence-electron chi connectivity index (χ3n) is 3.63. The molecular formula is C17H18ClN3O2. The smallest absolute Gasteiger partial charge is 0.253 e. The number of halogens is 1. The van der Waals surface area contributed by atoms with Crippen molar-refractivity contribution in [3.63, 3.8) is 0 Å². The minimum Gasteiger partial charge on any atom is -0.495 e. The monoisotopic (exact) mass is 331 g/mol. The SMILES string of the molecule is COc1ccc(Nc2ccc(N)cc2C(=O)NC2CC2)cc1Cl. The van der Waals surface area contributed by atoms with Gasteiger partial charge in [0.05, 0.1) is 23.4 Å². The molecule has 0 heterocycles. The van der Waals surface area contributed by atoms with Crippen molar-refractivity contribution in [1.82, 2.24) is 5.32 Å². The summed E-state index contributed by atoms with van der Waals surface area (Å²) in [7, 11) is 1.56. The van der Waals surface area contributed by atoms with Crippen LogP contribution in [0.4, 0.5) is 17.1 Å². The number of ether oxygens (including phenoxy) is 1. The van der Waals surface area contributed by atoms with Gasteiger partial charge in [-0.05, 0) is 49.2 Å². The molecule has 0 bridgehead atoms. The zero-order chi connectivity index (χ0) is 16.4. The van der Waals surface area contributed by atoms with Crippen molar-refractivity contribution in [3.05, 3.63) is 47.0 Å². The Morgan fingerprint density at radius 1 is 1.26 bits per heavy atom. The lowest BCUT2D eigenvalue weighted by molar-refractivity contribution is 0.0952. The molecule has 0 atom stereocenters. The molecule has 2 aromatic carbocycles. The normalized spacial score (nSPS) is 13.5. The highest BCUT2D eigenvalue weighted by molar-refractivity contribution is 6.32. The molecule has 4 N–H and O–H groups in total. The summed E-state index contributed by atoms with van der Waals surface area (Å²) in [6.07, 6.45) is 2.07. The average molecular weight is 332 g/mol. The van der Waals surface area contributed by atoms with Crippen LogP contribution in [0.3, 0.4) is 0 Å². The number of rotatable bonds is 5. The van der Waals surface area contributed by atoms with Gasteiger partial charge in [-0.2, -0.15) is 0 Å². The number of carbonyl (C=O) groups excluding carboxylic acids is 1. The maximum absolute atomic E-state index is 12.4. The molecule has 0 saturated heterocycles. The Hall–Kier alpha value is -2.40. The lowest BCUT2D eigenvalue weighted by Gasteiger charge is -2.14. The molecule has 120 valence electrons. The molecule has 2 aromatic rings. The first-order chi connectivity index (χ1) is 11.1. The van der Waals surface area contributed by atoms with Crippen LogP contribution >= 0.6 is 11.6 Å². The maximum atomic E-state index is 12.4. The van der Waals surface area contributed by atoms with E-state index in [-0.39, 0.29) is 11.9 Å². The molecule has 0 radical (unpaired) electrons. The maximum Gasteiger partial charge on any atom is 0.253 e. The topological polar surface area (TPSA) is 76.4 Å². The fourth-order valence-corrected chi connectivity index (χ4v) is 2.51. The third kappa shape index (κ3) is 3.68. The third-order valence-corrected chi connectivity index (χ3v) is 3.93. The van der Waals surface area contributed by atoms with Gasteiger partial charge in [0.25, 0.3) is 5.91 Å². The quantitative estimate of drug-likeness (QED) is 0.732. The van der Waals surface area contributed by atoms with Gasteiger partial charge in [0.1, 0.15) is 5.75 Å². The lowest BCUT2D eigenvalue weighted by Crippen LogP contribution is -2.26. The molecule has 3 rings (SSSR count). The van der Waals surface area contributed by atoms with E-state index in [0.29, 0.717) is 27.7 Å². The summed E-state index contributed by atoms with van der Waals surface area (Å²) in [5.74, 6) is 0.475. The first-order valence-corrected chi connectivity index (χ1v) is 7.75. The second kappa shape index (κ2) is 6.38. The molecular weight excluding hydrogens is 314 g/mol. The van der Waals surface area contributed by atoms with Crippen molar-refractivity contribution in [2.75, 3.05) is 18.2 Å². The number of amides is 1. The highest BCUT2D eigenvalue weighted by Crippen LogP contribution is 2.30. The van der Waals surface area contributed by atoms with Crippen molar-refractivity contribution >= 4 is 34.6 Å². The molecule has 0 unspecified atom stereocenters. The van der Waals surface area contributed by atoms with E-state index in [0.717, 1.165) is 18.5 Å². The van der Waals surface area contributed by atoms with Gasteiger partial charge in [-0.15, -0.1) is 0 Å². The van der Waals surface area contributed by atoms with E-state index in [9.17, 15) is 4.79 Å². The number of nitrogen functional groups attached to an aromatic ring is 1. The summed E-state index contributed by atoms with van der Waals surface area (Å²) in [6, 6.07) is 10.9. The Morgan fingerprint density at radius 2 is 2.04 bits per heavy atom. The van der Waals surface area contributed by atoms with Crippen LogP contribution < -0.4 is 21.1 Å². The molecule has 23 heavy (non-hydrogen) atoms. The van der Waals surface area contributed by atoms with E-state index in [1.54, 1.807) is 37.4 Å². The summed E-state index contributed by atoms with van der Waals surface area (Å²) in [5.41, 5.74) is 8.33.